The van der Waals surface area contributed by atoms with Crippen molar-refractivity contribution in [3.8, 4) is 0 Å². The van der Waals surface area contributed by atoms with Crippen LogP contribution in [0.3, 0.4) is 0 Å². The van der Waals surface area contributed by atoms with Crippen LogP contribution >= 0.6 is 11.3 Å². The lowest BCUT2D eigenvalue weighted by Crippen LogP contribution is -2.25. The van der Waals surface area contributed by atoms with Crippen molar-refractivity contribution in [3.63, 3.8) is 0 Å². The number of anilines is 1. The van der Waals surface area contributed by atoms with Gasteiger partial charge in [0.2, 0.25) is 0 Å². The third kappa shape index (κ3) is 9.66. The standard InChI is InChI=1S/C23H39NO4S/c1-7-9-11-12-13-14-15-18-17(3)19(21(25)28-23(4,5)6)20(29-18)24-22(26)27-16-10-8-2/h7-16H2,1-6H3,(H,24,26). The Morgan fingerprint density at radius 2 is 1.59 bits per heavy atom. The average molecular weight is 426 g/mol. The lowest BCUT2D eigenvalue weighted by molar-refractivity contribution is 0.00704. The molecule has 1 aromatic heterocycles. The molecule has 0 bridgehead atoms. The van der Waals surface area contributed by atoms with Gasteiger partial charge in [0.25, 0.3) is 0 Å². The van der Waals surface area contributed by atoms with E-state index in [9.17, 15) is 9.59 Å². The summed E-state index contributed by atoms with van der Waals surface area (Å²) in [6, 6.07) is 0. The van der Waals surface area contributed by atoms with Gasteiger partial charge in [-0.25, -0.2) is 9.59 Å². The van der Waals surface area contributed by atoms with Gasteiger partial charge in [-0.2, -0.15) is 0 Å². The van der Waals surface area contributed by atoms with E-state index >= 15 is 0 Å². The maximum atomic E-state index is 12.8. The third-order valence-corrected chi connectivity index (χ3v) is 5.82. The van der Waals surface area contributed by atoms with Gasteiger partial charge in [-0.15, -0.1) is 11.3 Å². The number of nitrogens with one attached hydrogen (secondary N) is 1. The quantitative estimate of drug-likeness (QED) is 0.283. The van der Waals surface area contributed by atoms with Gasteiger partial charge in [-0.1, -0.05) is 52.4 Å². The first-order valence-corrected chi connectivity index (χ1v) is 11.8. The fraction of sp³-hybridized carbons (Fsp3) is 0.739. The zero-order valence-electron chi connectivity index (χ0n) is 19.1. The lowest BCUT2D eigenvalue weighted by atomic mass is 10.1. The van der Waals surface area contributed by atoms with E-state index in [2.05, 4.69) is 12.2 Å². The number of aryl methyl sites for hydroxylation is 1. The number of hydrogen-bond donors (Lipinski definition) is 1. The van der Waals surface area contributed by atoms with E-state index in [0.29, 0.717) is 17.2 Å². The molecule has 0 saturated heterocycles. The molecule has 0 atom stereocenters. The van der Waals surface area contributed by atoms with Crippen LogP contribution in [0.1, 0.15) is 107 Å². The third-order valence-electron chi connectivity index (χ3n) is 4.55. The van der Waals surface area contributed by atoms with Gasteiger partial charge in [0, 0.05) is 4.88 Å². The summed E-state index contributed by atoms with van der Waals surface area (Å²) >= 11 is 1.46. The van der Waals surface area contributed by atoms with Crippen LogP contribution in [-0.4, -0.2) is 24.3 Å². The highest BCUT2D eigenvalue weighted by Gasteiger charge is 2.27. The van der Waals surface area contributed by atoms with Crippen molar-refractivity contribution in [2.24, 2.45) is 0 Å². The predicted molar refractivity (Wildman–Crippen MR) is 121 cm³/mol. The summed E-state index contributed by atoms with van der Waals surface area (Å²) in [5, 5.41) is 3.30. The molecule has 1 heterocycles. The number of unbranched alkanes of at least 4 members (excludes halogenated alkanes) is 6. The van der Waals surface area contributed by atoms with Crippen molar-refractivity contribution in [2.45, 2.75) is 105 Å². The summed E-state index contributed by atoms with van der Waals surface area (Å²) in [4.78, 5) is 26.1. The van der Waals surface area contributed by atoms with E-state index in [1.165, 1.54) is 43.4 Å². The first kappa shape index (κ1) is 25.5. The molecular weight excluding hydrogens is 386 g/mol. The minimum Gasteiger partial charge on any atom is -0.456 e. The monoisotopic (exact) mass is 425 g/mol. The molecule has 0 fully saturated rings. The van der Waals surface area contributed by atoms with Crippen molar-refractivity contribution in [1.82, 2.24) is 0 Å². The van der Waals surface area contributed by atoms with Crippen molar-refractivity contribution in [2.75, 3.05) is 11.9 Å². The number of rotatable bonds is 12. The fourth-order valence-corrected chi connectivity index (χ4v) is 4.19. The van der Waals surface area contributed by atoms with Crippen molar-refractivity contribution in [3.05, 3.63) is 16.0 Å². The SMILES string of the molecule is CCCCCCCCc1sc(NC(=O)OCCCC)c(C(=O)OC(C)(C)C)c1C. The maximum Gasteiger partial charge on any atom is 0.412 e. The Balaban J connectivity index is 2.89. The van der Waals surface area contributed by atoms with Crippen LogP contribution in [0.4, 0.5) is 9.80 Å². The summed E-state index contributed by atoms with van der Waals surface area (Å²) in [6.07, 6.45) is 9.48. The van der Waals surface area contributed by atoms with Crippen LogP contribution in [0.15, 0.2) is 0 Å². The molecule has 0 radical (unpaired) electrons. The molecule has 5 nitrogen and oxygen atoms in total. The van der Waals surface area contributed by atoms with Crippen LogP contribution in [0.5, 0.6) is 0 Å². The molecule has 166 valence electrons. The van der Waals surface area contributed by atoms with Crippen LogP contribution < -0.4 is 5.32 Å². The molecule has 0 aliphatic heterocycles. The van der Waals surface area contributed by atoms with Crippen molar-refractivity contribution >= 4 is 28.4 Å². The predicted octanol–water partition coefficient (Wildman–Crippen LogP) is 7.26. The molecule has 6 heteroatoms. The zero-order valence-corrected chi connectivity index (χ0v) is 19.9. The number of thiophene rings is 1. The van der Waals surface area contributed by atoms with E-state index in [1.54, 1.807) is 0 Å². The van der Waals surface area contributed by atoms with Gasteiger partial charge in [-0.05, 0) is 52.5 Å². The highest BCUT2D eigenvalue weighted by Crippen LogP contribution is 2.35. The van der Waals surface area contributed by atoms with Crippen molar-refractivity contribution < 1.29 is 19.1 Å². The number of carbonyl (C=O) groups is 2. The highest BCUT2D eigenvalue weighted by atomic mass is 32.1. The Labute approximate surface area is 180 Å². The molecule has 1 aromatic rings. The number of amides is 1. The van der Waals surface area contributed by atoms with Gasteiger partial charge in [0.15, 0.2) is 0 Å². The summed E-state index contributed by atoms with van der Waals surface area (Å²) in [5.41, 5.74) is 0.768. The molecule has 0 saturated carbocycles. The number of ether oxygens (including phenoxy) is 2. The molecule has 0 aromatic carbocycles. The highest BCUT2D eigenvalue weighted by molar-refractivity contribution is 7.16. The van der Waals surface area contributed by atoms with Crippen LogP contribution in [0, 0.1) is 6.92 Å². The second-order valence-corrected chi connectivity index (χ2v) is 9.59. The van der Waals surface area contributed by atoms with E-state index in [1.807, 2.05) is 34.6 Å². The van der Waals surface area contributed by atoms with Gasteiger partial charge in [-0.3, -0.25) is 5.32 Å². The largest absolute Gasteiger partial charge is 0.456 e. The molecular formula is C23H39NO4S. The lowest BCUT2D eigenvalue weighted by Gasteiger charge is -2.20. The van der Waals surface area contributed by atoms with Gasteiger partial charge < -0.3 is 9.47 Å². The summed E-state index contributed by atoms with van der Waals surface area (Å²) in [5.74, 6) is -0.399. The number of carbonyl (C=O) groups excluding carboxylic acids is 2. The second-order valence-electron chi connectivity index (χ2n) is 8.49. The molecule has 0 spiro atoms. The zero-order chi connectivity index (χ0) is 21.9. The Hall–Kier alpha value is -1.56. The Bertz CT molecular complexity index is 646. The van der Waals surface area contributed by atoms with E-state index in [-0.39, 0.29) is 0 Å². The number of hydrogen-bond acceptors (Lipinski definition) is 5. The number of esters is 1. The molecule has 1 rings (SSSR count). The van der Waals surface area contributed by atoms with E-state index in [0.717, 1.165) is 36.1 Å². The first-order valence-electron chi connectivity index (χ1n) is 11.0. The van der Waals surface area contributed by atoms with Crippen LogP contribution in [0.25, 0.3) is 0 Å². The van der Waals surface area contributed by atoms with Crippen molar-refractivity contribution in [1.29, 1.82) is 0 Å². The van der Waals surface area contributed by atoms with Crippen LogP contribution in [-0.2, 0) is 15.9 Å². The molecule has 1 amide bonds. The first-order chi connectivity index (χ1) is 13.7. The van der Waals surface area contributed by atoms with Crippen LogP contribution in [0.2, 0.25) is 0 Å². The Kier molecular flexibility index (Phi) is 11.3. The van der Waals surface area contributed by atoms with Gasteiger partial charge >= 0.3 is 12.1 Å². The molecule has 0 aliphatic rings. The normalized spacial score (nSPS) is 11.4. The minimum atomic E-state index is -0.593. The Morgan fingerprint density at radius 1 is 0.966 bits per heavy atom. The molecule has 0 unspecified atom stereocenters. The summed E-state index contributed by atoms with van der Waals surface area (Å²) in [7, 11) is 0. The Morgan fingerprint density at radius 3 is 2.21 bits per heavy atom. The van der Waals surface area contributed by atoms with Gasteiger partial charge in [0.05, 0.1) is 12.2 Å². The maximum absolute atomic E-state index is 12.8. The van der Waals surface area contributed by atoms with E-state index in [4.69, 9.17) is 9.47 Å². The summed E-state index contributed by atoms with van der Waals surface area (Å²) < 4.78 is 10.8. The molecule has 29 heavy (non-hydrogen) atoms. The summed E-state index contributed by atoms with van der Waals surface area (Å²) in [6.45, 7) is 12.1. The second kappa shape index (κ2) is 12.9. The van der Waals surface area contributed by atoms with Gasteiger partial charge in [0.1, 0.15) is 10.6 Å². The van der Waals surface area contributed by atoms with E-state index < -0.39 is 17.7 Å². The smallest absolute Gasteiger partial charge is 0.412 e. The minimum absolute atomic E-state index is 0.374. The average Bonchev–Trinajstić information content (AvgIpc) is 2.92. The molecule has 1 N–H and O–H groups in total. The molecule has 0 aliphatic carbocycles. The fourth-order valence-electron chi connectivity index (χ4n) is 2.97. The topological polar surface area (TPSA) is 64.6 Å².